The number of benzene rings is 1. The third-order valence-electron chi connectivity index (χ3n) is 5.12. The number of methoxy groups -OCH3 is 1. The van der Waals surface area contributed by atoms with E-state index in [4.69, 9.17) is 14.6 Å². The van der Waals surface area contributed by atoms with E-state index in [0.29, 0.717) is 12.3 Å². The standard InChI is InChI=1S/C21H32N2O5/c1-16(7-6-10-20(24)25)13-23-12-11-18(19(14-23)27-2)22-21(26)28-15-17-8-4-3-5-9-17/h3-5,8-9,16,18-19H,6-7,10-15H2,1-2H3,(H,22,26)(H,24,25)/t16?,18-,19+/m1/s1. The highest BCUT2D eigenvalue weighted by Crippen LogP contribution is 2.18. The molecular weight excluding hydrogens is 360 g/mol. The van der Waals surface area contributed by atoms with Crippen molar-refractivity contribution in [3.63, 3.8) is 0 Å². The maximum Gasteiger partial charge on any atom is 0.407 e. The summed E-state index contributed by atoms with van der Waals surface area (Å²) in [6.45, 7) is 4.91. The fourth-order valence-electron chi connectivity index (χ4n) is 3.60. The first kappa shape index (κ1) is 22.2. The number of carboxylic acids is 1. The summed E-state index contributed by atoms with van der Waals surface area (Å²) in [4.78, 5) is 25.1. The van der Waals surface area contributed by atoms with Crippen molar-refractivity contribution in [3.05, 3.63) is 35.9 Å². The number of carbonyl (C=O) groups excluding carboxylic acids is 1. The van der Waals surface area contributed by atoms with Crippen LogP contribution in [-0.4, -0.2) is 61.0 Å². The third kappa shape index (κ3) is 7.86. The van der Waals surface area contributed by atoms with Gasteiger partial charge in [-0.1, -0.05) is 37.3 Å². The van der Waals surface area contributed by atoms with Gasteiger partial charge in [0.2, 0.25) is 0 Å². The predicted octanol–water partition coefficient (Wildman–Crippen LogP) is 2.89. The summed E-state index contributed by atoms with van der Waals surface area (Å²) in [6.07, 6.45) is 2.10. The molecule has 1 aromatic rings. The summed E-state index contributed by atoms with van der Waals surface area (Å²) < 4.78 is 10.9. The molecule has 0 saturated carbocycles. The fourth-order valence-corrected chi connectivity index (χ4v) is 3.60. The number of aliphatic carboxylic acids is 1. The summed E-state index contributed by atoms with van der Waals surface area (Å²) in [5.41, 5.74) is 0.952. The summed E-state index contributed by atoms with van der Waals surface area (Å²) in [5, 5.41) is 11.7. The number of nitrogens with one attached hydrogen (secondary N) is 1. The van der Waals surface area contributed by atoms with Crippen molar-refractivity contribution >= 4 is 12.1 Å². The lowest BCUT2D eigenvalue weighted by molar-refractivity contribution is -0.137. The van der Waals surface area contributed by atoms with E-state index >= 15 is 0 Å². The molecule has 0 radical (unpaired) electrons. The number of hydrogen-bond donors (Lipinski definition) is 2. The minimum atomic E-state index is -0.738. The minimum Gasteiger partial charge on any atom is -0.481 e. The Hall–Kier alpha value is -2.12. The van der Waals surface area contributed by atoms with Gasteiger partial charge in [-0.3, -0.25) is 4.79 Å². The van der Waals surface area contributed by atoms with Crippen molar-refractivity contribution in [2.45, 2.75) is 51.4 Å². The predicted molar refractivity (Wildman–Crippen MR) is 106 cm³/mol. The molecule has 7 nitrogen and oxygen atoms in total. The molecule has 7 heteroatoms. The molecule has 3 atom stereocenters. The largest absolute Gasteiger partial charge is 0.481 e. The van der Waals surface area contributed by atoms with Crippen molar-refractivity contribution in [1.29, 1.82) is 0 Å². The molecule has 0 spiro atoms. The molecular formula is C21H32N2O5. The van der Waals surface area contributed by atoms with E-state index in [2.05, 4.69) is 17.1 Å². The first-order valence-corrected chi connectivity index (χ1v) is 9.92. The number of amides is 1. The van der Waals surface area contributed by atoms with Gasteiger partial charge in [0.25, 0.3) is 0 Å². The molecule has 1 unspecified atom stereocenters. The number of nitrogens with zero attached hydrogens (tertiary/aromatic N) is 1. The van der Waals surface area contributed by atoms with Crippen LogP contribution in [0.3, 0.4) is 0 Å². The van der Waals surface area contributed by atoms with Crippen molar-refractivity contribution in [1.82, 2.24) is 10.2 Å². The van der Waals surface area contributed by atoms with Gasteiger partial charge < -0.3 is 24.8 Å². The molecule has 1 aliphatic heterocycles. The summed E-state index contributed by atoms with van der Waals surface area (Å²) in [5.74, 6) is -0.310. The van der Waals surface area contributed by atoms with Gasteiger partial charge in [-0.05, 0) is 30.7 Å². The first-order valence-electron chi connectivity index (χ1n) is 9.92. The van der Waals surface area contributed by atoms with Crippen LogP contribution in [0.25, 0.3) is 0 Å². The highest BCUT2D eigenvalue weighted by Gasteiger charge is 2.31. The third-order valence-corrected chi connectivity index (χ3v) is 5.12. The molecule has 1 aromatic carbocycles. The minimum absolute atomic E-state index is 0.0770. The quantitative estimate of drug-likeness (QED) is 0.637. The zero-order valence-electron chi connectivity index (χ0n) is 16.8. The Morgan fingerprint density at radius 1 is 1.32 bits per heavy atom. The van der Waals surface area contributed by atoms with Crippen LogP contribution in [0.2, 0.25) is 0 Å². The Labute approximate surface area is 167 Å². The van der Waals surface area contributed by atoms with E-state index in [1.165, 1.54) is 0 Å². The highest BCUT2D eigenvalue weighted by molar-refractivity contribution is 5.67. The molecule has 1 saturated heterocycles. The average molecular weight is 392 g/mol. The Morgan fingerprint density at radius 2 is 2.07 bits per heavy atom. The Morgan fingerprint density at radius 3 is 2.75 bits per heavy atom. The fraction of sp³-hybridized carbons (Fsp3) is 0.619. The number of carboxylic acid groups (broad SMARTS) is 1. The van der Waals surface area contributed by atoms with Gasteiger partial charge in [0.15, 0.2) is 0 Å². The zero-order valence-corrected chi connectivity index (χ0v) is 16.8. The number of piperidine rings is 1. The monoisotopic (exact) mass is 392 g/mol. The van der Waals surface area contributed by atoms with Gasteiger partial charge in [0.05, 0.1) is 12.1 Å². The van der Waals surface area contributed by atoms with Gasteiger partial charge in [0.1, 0.15) is 6.61 Å². The van der Waals surface area contributed by atoms with E-state index < -0.39 is 12.1 Å². The molecule has 1 aliphatic rings. The van der Waals surface area contributed by atoms with Crippen LogP contribution < -0.4 is 5.32 Å². The normalized spacial score (nSPS) is 21.1. The number of alkyl carbamates (subject to hydrolysis) is 1. The molecule has 1 fully saturated rings. The maximum atomic E-state index is 12.1. The number of ether oxygens (including phenoxy) is 2. The van der Waals surface area contributed by atoms with Crippen LogP contribution in [0.5, 0.6) is 0 Å². The number of likely N-dealkylation sites (tertiary alicyclic amines) is 1. The van der Waals surface area contributed by atoms with Gasteiger partial charge in [-0.25, -0.2) is 4.79 Å². The van der Waals surface area contributed by atoms with Gasteiger partial charge >= 0.3 is 12.1 Å². The number of rotatable bonds is 10. The van der Waals surface area contributed by atoms with E-state index in [9.17, 15) is 9.59 Å². The van der Waals surface area contributed by atoms with Crippen LogP contribution in [0, 0.1) is 5.92 Å². The molecule has 0 aliphatic carbocycles. The zero-order chi connectivity index (χ0) is 20.4. The second-order valence-corrected chi connectivity index (χ2v) is 7.53. The molecule has 2 rings (SSSR count). The smallest absolute Gasteiger partial charge is 0.407 e. The van der Waals surface area contributed by atoms with E-state index in [0.717, 1.165) is 38.0 Å². The molecule has 0 bridgehead atoms. The van der Waals surface area contributed by atoms with E-state index in [1.54, 1.807) is 7.11 Å². The summed E-state index contributed by atoms with van der Waals surface area (Å²) in [6, 6.07) is 9.51. The van der Waals surface area contributed by atoms with Crippen molar-refractivity contribution in [2.24, 2.45) is 5.92 Å². The second kappa shape index (κ2) is 11.7. The van der Waals surface area contributed by atoms with Crippen molar-refractivity contribution in [3.8, 4) is 0 Å². The van der Waals surface area contributed by atoms with Gasteiger partial charge in [-0.2, -0.15) is 0 Å². The lowest BCUT2D eigenvalue weighted by Crippen LogP contribution is -2.55. The molecule has 2 N–H and O–H groups in total. The first-order chi connectivity index (χ1) is 13.5. The lowest BCUT2D eigenvalue weighted by atomic mass is 9.98. The Bertz CT molecular complexity index is 610. The molecule has 28 heavy (non-hydrogen) atoms. The highest BCUT2D eigenvalue weighted by atomic mass is 16.5. The van der Waals surface area contributed by atoms with E-state index in [1.807, 2.05) is 30.3 Å². The van der Waals surface area contributed by atoms with Crippen LogP contribution in [-0.2, 0) is 20.9 Å². The molecule has 1 amide bonds. The van der Waals surface area contributed by atoms with Gasteiger partial charge in [-0.15, -0.1) is 0 Å². The average Bonchev–Trinajstić information content (AvgIpc) is 2.68. The van der Waals surface area contributed by atoms with E-state index in [-0.39, 0.29) is 25.2 Å². The van der Waals surface area contributed by atoms with Crippen LogP contribution >= 0.6 is 0 Å². The van der Waals surface area contributed by atoms with Gasteiger partial charge in [0, 0.05) is 33.2 Å². The SMILES string of the molecule is CO[C@H]1CN(CC(C)CCCC(=O)O)CC[C@H]1NC(=O)OCc1ccccc1. The molecule has 0 aromatic heterocycles. The van der Waals surface area contributed by atoms with Crippen molar-refractivity contribution in [2.75, 3.05) is 26.7 Å². The maximum absolute atomic E-state index is 12.1. The number of hydrogen-bond acceptors (Lipinski definition) is 5. The lowest BCUT2D eigenvalue weighted by Gasteiger charge is -2.38. The summed E-state index contributed by atoms with van der Waals surface area (Å²) >= 11 is 0. The van der Waals surface area contributed by atoms with Crippen LogP contribution in [0.1, 0.15) is 38.2 Å². The number of carbonyl (C=O) groups is 2. The van der Waals surface area contributed by atoms with Crippen molar-refractivity contribution < 1.29 is 24.2 Å². The van der Waals surface area contributed by atoms with Crippen LogP contribution in [0.4, 0.5) is 4.79 Å². The summed E-state index contributed by atoms with van der Waals surface area (Å²) in [7, 11) is 1.66. The Kier molecular flexibility index (Phi) is 9.23. The second-order valence-electron chi connectivity index (χ2n) is 7.53. The molecule has 156 valence electrons. The topological polar surface area (TPSA) is 88.1 Å². The van der Waals surface area contributed by atoms with Crippen LogP contribution in [0.15, 0.2) is 30.3 Å². The Balaban J connectivity index is 1.72. The molecule has 1 heterocycles.